The molecule has 1 fully saturated rings. The number of benzene rings is 2. The Morgan fingerprint density at radius 3 is 2.67 bits per heavy atom. The molecule has 0 aliphatic carbocycles. The van der Waals surface area contributed by atoms with Crippen molar-refractivity contribution in [3.63, 3.8) is 0 Å². The molecular weight excluding hydrogens is 357 g/mol. The Morgan fingerprint density at radius 2 is 1.93 bits per heavy atom. The van der Waals surface area contributed by atoms with Gasteiger partial charge in [0, 0.05) is 18.0 Å². The first-order valence-electron chi connectivity index (χ1n) is 8.56. The summed E-state index contributed by atoms with van der Waals surface area (Å²) in [5.41, 5.74) is -0.322. The van der Waals surface area contributed by atoms with Crippen molar-refractivity contribution in [2.24, 2.45) is 0 Å². The normalized spacial score (nSPS) is 17.4. The van der Waals surface area contributed by atoms with Gasteiger partial charge in [-0.3, -0.25) is 0 Å². The van der Waals surface area contributed by atoms with E-state index < -0.39 is 11.7 Å². The highest BCUT2D eigenvalue weighted by molar-refractivity contribution is 5.91. The molecule has 0 amide bonds. The Kier molecular flexibility index (Phi) is 4.35. The van der Waals surface area contributed by atoms with Gasteiger partial charge in [0.25, 0.3) is 0 Å². The van der Waals surface area contributed by atoms with Gasteiger partial charge in [0.15, 0.2) is 5.82 Å². The zero-order valence-electron chi connectivity index (χ0n) is 14.2. The number of fused-ring (bicyclic) bond motifs is 1. The fourth-order valence-corrected chi connectivity index (χ4v) is 3.17. The Bertz CT molecular complexity index is 984. The molecule has 3 N–H and O–H groups in total. The second kappa shape index (κ2) is 6.70. The smallest absolute Gasteiger partial charge is 0.416 e. The zero-order chi connectivity index (χ0) is 19.0. The van der Waals surface area contributed by atoms with Crippen LogP contribution in [0.3, 0.4) is 0 Å². The molecule has 1 aromatic heterocycles. The van der Waals surface area contributed by atoms with E-state index in [2.05, 4.69) is 20.6 Å². The summed E-state index contributed by atoms with van der Waals surface area (Å²) in [6.07, 6.45) is -3.60. The van der Waals surface area contributed by atoms with Crippen molar-refractivity contribution in [2.45, 2.75) is 18.6 Å². The Morgan fingerprint density at radius 1 is 1.11 bits per heavy atom. The first-order valence-corrected chi connectivity index (χ1v) is 8.56. The molecule has 1 saturated heterocycles. The standard InChI is InChI=1S/C19H17F3N4O/c20-19(21,22)11-5-6-16(27)14(9-11)18-25-15-4-2-1-3-13(15)17(26-18)24-12-7-8-23-10-12/h1-6,9,12,23,27H,7-8,10H2,(H,24,25,26)/t12-/m0/s1. The minimum absolute atomic E-state index is 0.0470. The van der Waals surface area contributed by atoms with Gasteiger partial charge in [0.05, 0.1) is 16.6 Å². The molecule has 140 valence electrons. The molecule has 4 rings (SSSR count). The van der Waals surface area contributed by atoms with E-state index in [0.29, 0.717) is 11.3 Å². The lowest BCUT2D eigenvalue weighted by molar-refractivity contribution is -0.137. The fourth-order valence-electron chi connectivity index (χ4n) is 3.17. The van der Waals surface area contributed by atoms with E-state index in [1.54, 1.807) is 12.1 Å². The number of aromatic nitrogens is 2. The first kappa shape index (κ1) is 17.5. The summed E-state index contributed by atoms with van der Waals surface area (Å²) < 4.78 is 39.2. The van der Waals surface area contributed by atoms with Crippen molar-refractivity contribution in [1.29, 1.82) is 0 Å². The summed E-state index contributed by atoms with van der Waals surface area (Å²) in [5, 5.41) is 17.5. The molecule has 0 radical (unpaired) electrons. The highest BCUT2D eigenvalue weighted by atomic mass is 19.4. The SMILES string of the molecule is Oc1ccc(C(F)(F)F)cc1-c1nc(N[C@H]2CCNC2)c2ccccc2n1. The number of halogens is 3. The molecular formula is C19H17F3N4O. The number of nitrogens with one attached hydrogen (secondary N) is 2. The van der Waals surface area contributed by atoms with Crippen LogP contribution in [0.4, 0.5) is 19.0 Å². The molecule has 2 heterocycles. The van der Waals surface area contributed by atoms with Crippen LogP contribution in [0, 0.1) is 0 Å². The van der Waals surface area contributed by atoms with E-state index in [0.717, 1.165) is 43.1 Å². The highest BCUT2D eigenvalue weighted by Crippen LogP contribution is 2.36. The lowest BCUT2D eigenvalue weighted by Gasteiger charge is -2.16. The van der Waals surface area contributed by atoms with Crippen LogP contribution in [0.5, 0.6) is 5.75 Å². The Balaban J connectivity index is 1.85. The molecule has 8 heteroatoms. The molecule has 1 aliphatic rings. The number of anilines is 1. The van der Waals surface area contributed by atoms with Gasteiger partial charge in [-0.2, -0.15) is 13.2 Å². The predicted octanol–water partition coefficient (Wildman–Crippen LogP) is 3.80. The van der Waals surface area contributed by atoms with E-state index in [-0.39, 0.29) is 23.2 Å². The molecule has 1 atom stereocenters. The van der Waals surface area contributed by atoms with E-state index in [9.17, 15) is 18.3 Å². The Hall–Kier alpha value is -2.87. The third-order valence-electron chi connectivity index (χ3n) is 4.57. The van der Waals surface area contributed by atoms with Crippen molar-refractivity contribution in [3.8, 4) is 17.1 Å². The topological polar surface area (TPSA) is 70.1 Å². The van der Waals surface area contributed by atoms with Crippen molar-refractivity contribution < 1.29 is 18.3 Å². The second-order valence-electron chi connectivity index (χ2n) is 6.48. The van der Waals surface area contributed by atoms with E-state index in [1.165, 1.54) is 0 Å². The quantitative estimate of drug-likeness (QED) is 0.651. The third-order valence-corrected chi connectivity index (χ3v) is 4.57. The van der Waals surface area contributed by atoms with Crippen LogP contribution in [0.1, 0.15) is 12.0 Å². The molecule has 0 unspecified atom stereocenters. The average Bonchev–Trinajstić information content (AvgIpc) is 3.14. The molecule has 0 saturated carbocycles. The molecule has 2 aromatic carbocycles. The van der Waals surface area contributed by atoms with Gasteiger partial charge in [-0.15, -0.1) is 0 Å². The largest absolute Gasteiger partial charge is 0.507 e. The summed E-state index contributed by atoms with van der Waals surface area (Å²) in [4.78, 5) is 8.81. The van der Waals surface area contributed by atoms with Gasteiger partial charge in [-0.25, -0.2) is 9.97 Å². The van der Waals surface area contributed by atoms with Gasteiger partial charge in [-0.05, 0) is 43.3 Å². The number of aromatic hydroxyl groups is 1. The summed E-state index contributed by atoms with van der Waals surface area (Å²) >= 11 is 0. The van der Waals surface area contributed by atoms with Crippen LogP contribution in [0.2, 0.25) is 0 Å². The number of para-hydroxylation sites is 1. The third kappa shape index (κ3) is 3.52. The molecule has 1 aliphatic heterocycles. The van der Waals surface area contributed by atoms with Gasteiger partial charge in [0.1, 0.15) is 11.6 Å². The van der Waals surface area contributed by atoms with Crippen LogP contribution in [0.25, 0.3) is 22.3 Å². The average molecular weight is 374 g/mol. The van der Waals surface area contributed by atoms with Gasteiger partial charge in [0.2, 0.25) is 0 Å². The van der Waals surface area contributed by atoms with Crippen LogP contribution in [-0.2, 0) is 6.18 Å². The van der Waals surface area contributed by atoms with Crippen molar-refractivity contribution >= 4 is 16.7 Å². The minimum atomic E-state index is -4.52. The number of alkyl halides is 3. The number of hydrogen-bond donors (Lipinski definition) is 3. The van der Waals surface area contributed by atoms with Gasteiger partial charge >= 0.3 is 6.18 Å². The monoisotopic (exact) mass is 374 g/mol. The van der Waals surface area contributed by atoms with Crippen LogP contribution < -0.4 is 10.6 Å². The summed E-state index contributed by atoms with van der Waals surface area (Å²) in [6, 6.07) is 10.2. The summed E-state index contributed by atoms with van der Waals surface area (Å²) in [7, 11) is 0. The van der Waals surface area contributed by atoms with Crippen molar-refractivity contribution in [1.82, 2.24) is 15.3 Å². The van der Waals surface area contributed by atoms with E-state index in [4.69, 9.17) is 0 Å². The molecule has 5 nitrogen and oxygen atoms in total. The van der Waals surface area contributed by atoms with E-state index in [1.807, 2.05) is 12.1 Å². The van der Waals surface area contributed by atoms with Crippen molar-refractivity contribution in [3.05, 3.63) is 48.0 Å². The zero-order valence-corrected chi connectivity index (χ0v) is 14.2. The fraction of sp³-hybridized carbons (Fsp3) is 0.263. The molecule has 3 aromatic rings. The number of hydrogen-bond acceptors (Lipinski definition) is 5. The lowest BCUT2D eigenvalue weighted by Crippen LogP contribution is -2.23. The van der Waals surface area contributed by atoms with Crippen LogP contribution in [-0.4, -0.2) is 34.2 Å². The molecule has 0 bridgehead atoms. The number of phenols is 1. The second-order valence-corrected chi connectivity index (χ2v) is 6.48. The minimum Gasteiger partial charge on any atom is -0.507 e. The predicted molar refractivity (Wildman–Crippen MR) is 96.5 cm³/mol. The maximum Gasteiger partial charge on any atom is 0.416 e. The Labute approximate surface area is 153 Å². The number of phenolic OH excluding ortho intramolecular Hbond substituents is 1. The summed E-state index contributed by atoms with van der Waals surface area (Å²) in [6.45, 7) is 1.67. The van der Waals surface area contributed by atoms with Crippen molar-refractivity contribution in [2.75, 3.05) is 18.4 Å². The van der Waals surface area contributed by atoms with Crippen LogP contribution >= 0.6 is 0 Å². The lowest BCUT2D eigenvalue weighted by atomic mass is 10.1. The maximum atomic E-state index is 13.1. The summed E-state index contributed by atoms with van der Waals surface area (Å²) in [5.74, 6) is 0.290. The first-order chi connectivity index (χ1) is 12.9. The number of rotatable bonds is 3. The maximum absolute atomic E-state index is 13.1. The highest BCUT2D eigenvalue weighted by Gasteiger charge is 2.31. The van der Waals surface area contributed by atoms with E-state index >= 15 is 0 Å². The molecule has 27 heavy (non-hydrogen) atoms. The van der Waals surface area contributed by atoms with Crippen LogP contribution in [0.15, 0.2) is 42.5 Å². The van der Waals surface area contributed by atoms with Gasteiger partial charge < -0.3 is 15.7 Å². The van der Waals surface area contributed by atoms with Gasteiger partial charge in [-0.1, -0.05) is 12.1 Å². The number of nitrogens with zero attached hydrogens (tertiary/aromatic N) is 2. The molecule has 0 spiro atoms.